The van der Waals surface area contributed by atoms with Gasteiger partial charge >= 0.3 is 0 Å². The maximum absolute atomic E-state index is 12.5. The lowest BCUT2D eigenvalue weighted by Gasteiger charge is -2.15. The second-order valence-electron chi connectivity index (χ2n) is 6.36. The van der Waals surface area contributed by atoms with Gasteiger partial charge in [0.1, 0.15) is 0 Å². The molecule has 1 aliphatic rings. The second-order valence-corrected chi connectivity index (χ2v) is 8.29. The molecule has 1 heterocycles. The van der Waals surface area contributed by atoms with Crippen LogP contribution >= 0.6 is 0 Å². The molecule has 0 spiro atoms. The minimum absolute atomic E-state index is 0.0204. The molecule has 0 aromatic heterocycles. The van der Waals surface area contributed by atoms with E-state index in [4.69, 9.17) is 0 Å². The number of aryl methyl sites for hydroxylation is 1. The van der Waals surface area contributed by atoms with Crippen molar-refractivity contribution in [3.63, 3.8) is 0 Å². The molecule has 0 aliphatic carbocycles. The molecule has 1 aromatic rings. The van der Waals surface area contributed by atoms with Crippen LogP contribution in [0.2, 0.25) is 0 Å². The summed E-state index contributed by atoms with van der Waals surface area (Å²) in [5.74, 6) is 0.0204. The zero-order valence-electron chi connectivity index (χ0n) is 15.0. The van der Waals surface area contributed by atoms with Crippen molar-refractivity contribution in [2.45, 2.75) is 43.9 Å². The number of benzene rings is 1. The third-order valence-electron chi connectivity index (χ3n) is 4.32. The van der Waals surface area contributed by atoms with Crippen molar-refractivity contribution < 1.29 is 13.2 Å². The lowest BCUT2D eigenvalue weighted by Crippen LogP contribution is -2.32. The van der Waals surface area contributed by atoms with Crippen molar-refractivity contribution in [1.82, 2.24) is 14.9 Å². The molecule has 1 fully saturated rings. The van der Waals surface area contributed by atoms with Crippen molar-refractivity contribution in [1.29, 1.82) is 0 Å². The number of carbonyl (C=O) groups is 1. The molecule has 1 saturated heterocycles. The molecule has 1 amide bonds. The minimum atomic E-state index is -3.36. The van der Waals surface area contributed by atoms with E-state index in [1.54, 1.807) is 28.6 Å². The highest BCUT2D eigenvalue weighted by molar-refractivity contribution is 7.89. The number of carbonyl (C=O) groups excluding carboxylic acids is 1. The first-order chi connectivity index (χ1) is 12.0. The molecule has 2 rings (SSSR count). The fourth-order valence-corrected chi connectivity index (χ4v) is 4.36. The van der Waals surface area contributed by atoms with Gasteiger partial charge in [-0.1, -0.05) is 19.1 Å². The van der Waals surface area contributed by atoms with Crippen molar-refractivity contribution in [2.24, 2.45) is 0 Å². The average Bonchev–Trinajstić information content (AvgIpc) is 3.16. The Balaban J connectivity index is 1.77. The van der Waals surface area contributed by atoms with E-state index < -0.39 is 10.0 Å². The van der Waals surface area contributed by atoms with Crippen LogP contribution in [0, 0.1) is 0 Å². The van der Waals surface area contributed by atoms with E-state index in [1.165, 1.54) is 0 Å². The largest absolute Gasteiger partial charge is 0.355 e. The number of hydrogen-bond acceptors (Lipinski definition) is 4. The normalized spacial score (nSPS) is 15.4. The monoisotopic (exact) mass is 367 g/mol. The predicted octanol–water partition coefficient (Wildman–Crippen LogP) is 1.52. The van der Waals surface area contributed by atoms with E-state index >= 15 is 0 Å². The molecule has 0 bridgehead atoms. The number of rotatable bonds is 10. The first-order valence-electron chi connectivity index (χ1n) is 9.10. The smallest absolute Gasteiger partial charge is 0.243 e. The first kappa shape index (κ1) is 19.9. The van der Waals surface area contributed by atoms with E-state index in [0.29, 0.717) is 37.4 Å². The quantitative estimate of drug-likeness (QED) is 0.615. The van der Waals surface area contributed by atoms with Crippen molar-refractivity contribution in [3.05, 3.63) is 29.8 Å². The summed E-state index contributed by atoms with van der Waals surface area (Å²) in [6.45, 7) is 5.69. The Kier molecular flexibility index (Phi) is 7.87. The van der Waals surface area contributed by atoms with Gasteiger partial charge in [0, 0.05) is 32.6 Å². The zero-order valence-corrected chi connectivity index (χ0v) is 15.8. The van der Waals surface area contributed by atoms with Crippen molar-refractivity contribution in [3.8, 4) is 0 Å². The van der Waals surface area contributed by atoms with Crippen molar-refractivity contribution in [2.75, 3.05) is 32.7 Å². The Bertz CT molecular complexity index is 638. The van der Waals surface area contributed by atoms with E-state index in [2.05, 4.69) is 17.6 Å². The van der Waals surface area contributed by atoms with E-state index in [0.717, 1.165) is 37.9 Å². The number of amides is 1. The molecule has 0 unspecified atom stereocenters. The summed E-state index contributed by atoms with van der Waals surface area (Å²) in [4.78, 5) is 12.1. The van der Waals surface area contributed by atoms with Gasteiger partial charge in [-0.25, -0.2) is 8.42 Å². The zero-order chi connectivity index (χ0) is 18.1. The molecule has 1 aliphatic heterocycles. The molecule has 0 saturated carbocycles. The van der Waals surface area contributed by atoms with E-state index in [-0.39, 0.29) is 5.91 Å². The van der Waals surface area contributed by atoms with Crippen LogP contribution in [0.5, 0.6) is 0 Å². The number of sulfonamides is 1. The minimum Gasteiger partial charge on any atom is -0.355 e. The Labute approximate surface area is 151 Å². The Morgan fingerprint density at radius 1 is 1.08 bits per heavy atom. The lowest BCUT2D eigenvalue weighted by atomic mass is 10.1. The van der Waals surface area contributed by atoms with Gasteiger partial charge in [-0.05, 0) is 49.9 Å². The first-order valence-corrected chi connectivity index (χ1v) is 10.5. The number of nitrogens with one attached hydrogen (secondary N) is 2. The highest BCUT2D eigenvalue weighted by Gasteiger charge is 2.26. The molecule has 2 N–H and O–H groups in total. The summed E-state index contributed by atoms with van der Waals surface area (Å²) in [6, 6.07) is 6.91. The lowest BCUT2D eigenvalue weighted by molar-refractivity contribution is -0.121. The van der Waals surface area contributed by atoms with Crippen LogP contribution in [-0.4, -0.2) is 51.4 Å². The summed E-state index contributed by atoms with van der Waals surface area (Å²) in [5.41, 5.74) is 0.972. The fraction of sp³-hybridized carbons (Fsp3) is 0.611. The van der Waals surface area contributed by atoms with Gasteiger partial charge in [0.25, 0.3) is 0 Å². The highest BCUT2D eigenvalue weighted by Crippen LogP contribution is 2.21. The molecular weight excluding hydrogens is 338 g/mol. The Morgan fingerprint density at radius 3 is 2.40 bits per heavy atom. The maximum atomic E-state index is 12.5. The molecule has 6 nitrogen and oxygen atoms in total. The topological polar surface area (TPSA) is 78.5 Å². The average molecular weight is 368 g/mol. The van der Waals surface area contributed by atoms with Crippen LogP contribution in [0.4, 0.5) is 0 Å². The molecule has 25 heavy (non-hydrogen) atoms. The molecular formula is C18H29N3O3S. The molecule has 0 atom stereocenters. The van der Waals surface area contributed by atoms with Gasteiger partial charge in [0.15, 0.2) is 0 Å². The van der Waals surface area contributed by atoms with Gasteiger partial charge in [-0.2, -0.15) is 4.31 Å². The summed E-state index contributed by atoms with van der Waals surface area (Å²) in [6.07, 6.45) is 3.96. The highest BCUT2D eigenvalue weighted by atomic mass is 32.2. The van der Waals surface area contributed by atoms with Gasteiger partial charge < -0.3 is 10.6 Å². The van der Waals surface area contributed by atoms with Crippen molar-refractivity contribution >= 4 is 15.9 Å². The summed E-state index contributed by atoms with van der Waals surface area (Å²) >= 11 is 0. The molecule has 0 radical (unpaired) electrons. The summed E-state index contributed by atoms with van der Waals surface area (Å²) in [5, 5.41) is 6.11. The maximum Gasteiger partial charge on any atom is 0.243 e. The van der Waals surface area contributed by atoms with Crippen LogP contribution in [0.3, 0.4) is 0 Å². The fourth-order valence-electron chi connectivity index (χ4n) is 2.84. The third kappa shape index (κ3) is 6.09. The molecule has 7 heteroatoms. The summed E-state index contributed by atoms with van der Waals surface area (Å²) in [7, 11) is -3.36. The SMILES string of the molecule is CCCNCCNC(=O)CCc1ccc(S(=O)(=O)N2CCCC2)cc1. The van der Waals surface area contributed by atoms with Crippen LogP contribution < -0.4 is 10.6 Å². The van der Waals surface area contributed by atoms with E-state index in [1.807, 2.05) is 0 Å². The Hall–Kier alpha value is -1.44. The van der Waals surface area contributed by atoms with Gasteiger partial charge in [0.05, 0.1) is 4.90 Å². The van der Waals surface area contributed by atoms with Crippen LogP contribution in [0.15, 0.2) is 29.2 Å². The van der Waals surface area contributed by atoms with Gasteiger partial charge in [-0.3, -0.25) is 4.79 Å². The summed E-state index contributed by atoms with van der Waals surface area (Å²) < 4.78 is 26.5. The van der Waals surface area contributed by atoms with Crippen LogP contribution in [0.1, 0.15) is 38.2 Å². The van der Waals surface area contributed by atoms with E-state index in [9.17, 15) is 13.2 Å². The predicted molar refractivity (Wildman–Crippen MR) is 98.9 cm³/mol. The van der Waals surface area contributed by atoms with Gasteiger partial charge in [0.2, 0.25) is 15.9 Å². The van der Waals surface area contributed by atoms with Gasteiger partial charge in [-0.15, -0.1) is 0 Å². The Morgan fingerprint density at radius 2 is 1.76 bits per heavy atom. The number of hydrogen-bond donors (Lipinski definition) is 2. The van der Waals surface area contributed by atoms with Crippen LogP contribution in [-0.2, 0) is 21.2 Å². The molecule has 140 valence electrons. The third-order valence-corrected chi connectivity index (χ3v) is 6.23. The van der Waals surface area contributed by atoms with Crippen LogP contribution in [0.25, 0.3) is 0 Å². The molecule has 1 aromatic carbocycles. The standard InChI is InChI=1S/C18H29N3O3S/c1-2-11-19-12-13-20-18(22)10-7-16-5-8-17(9-6-16)25(23,24)21-14-3-4-15-21/h5-6,8-9,19H,2-4,7,10-15H2,1H3,(H,20,22). The second kappa shape index (κ2) is 9.89. The number of nitrogens with zero attached hydrogens (tertiary/aromatic N) is 1.